The summed E-state index contributed by atoms with van der Waals surface area (Å²) in [4.78, 5) is 22.3. The first-order valence-corrected chi connectivity index (χ1v) is 5.05. The molecule has 0 bridgehead atoms. The summed E-state index contributed by atoms with van der Waals surface area (Å²) < 4.78 is 13.3. The summed E-state index contributed by atoms with van der Waals surface area (Å²) in [5.41, 5.74) is 5.27. The van der Waals surface area contributed by atoms with Gasteiger partial charge >= 0.3 is 0 Å². The molecule has 0 spiro atoms. The number of para-hydroxylation sites is 1. The molecule has 4 N–H and O–H groups in total. The molecule has 0 aliphatic heterocycles. The fourth-order valence-corrected chi connectivity index (χ4v) is 1.28. The van der Waals surface area contributed by atoms with Crippen molar-refractivity contribution in [3.63, 3.8) is 0 Å². The van der Waals surface area contributed by atoms with Crippen LogP contribution in [0.2, 0.25) is 0 Å². The Morgan fingerprint density at radius 3 is 2.59 bits per heavy atom. The van der Waals surface area contributed by atoms with Crippen molar-refractivity contribution in [2.75, 3.05) is 12.4 Å². The Morgan fingerprint density at radius 2 is 2.06 bits per heavy atom. The van der Waals surface area contributed by atoms with Gasteiger partial charge in [0.25, 0.3) is 0 Å². The Balaban J connectivity index is 2.77. The molecule has 0 aliphatic carbocycles. The topological polar surface area (TPSA) is 84.2 Å². The zero-order chi connectivity index (χ0) is 12.8. The molecule has 1 atom stereocenters. The van der Waals surface area contributed by atoms with E-state index in [0.29, 0.717) is 0 Å². The number of amides is 2. The van der Waals surface area contributed by atoms with Gasteiger partial charge in [-0.3, -0.25) is 9.59 Å². The minimum Gasteiger partial charge on any atom is -0.371 e. The molecular weight excluding hydrogens is 225 g/mol. The van der Waals surface area contributed by atoms with Crippen molar-refractivity contribution in [3.8, 4) is 0 Å². The number of nitrogens with two attached hydrogens (primary N) is 1. The van der Waals surface area contributed by atoms with Crippen molar-refractivity contribution in [2.24, 2.45) is 5.73 Å². The Labute approximate surface area is 98.2 Å². The van der Waals surface area contributed by atoms with Gasteiger partial charge in [0.05, 0.1) is 12.1 Å². The summed E-state index contributed by atoms with van der Waals surface area (Å²) in [5, 5.41) is 4.97. The first kappa shape index (κ1) is 13.0. The van der Waals surface area contributed by atoms with Crippen LogP contribution in [0.5, 0.6) is 0 Å². The maximum Gasteiger partial charge on any atom is 0.240 e. The lowest BCUT2D eigenvalue weighted by Crippen LogP contribution is -2.39. The molecule has 0 heterocycles. The van der Waals surface area contributed by atoms with E-state index < -0.39 is 17.8 Å². The number of carbonyl (C=O) groups excluding carboxylic acids is 2. The van der Waals surface area contributed by atoms with Crippen molar-refractivity contribution in [3.05, 3.63) is 30.1 Å². The smallest absolute Gasteiger partial charge is 0.240 e. The maximum atomic E-state index is 13.3. The van der Waals surface area contributed by atoms with E-state index in [1.165, 1.54) is 25.2 Å². The van der Waals surface area contributed by atoms with Gasteiger partial charge in [0.1, 0.15) is 11.9 Å². The molecule has 1 unspecified atom stereocenters. The van der Waals surface area contributed by atoms with Crippen LogP contribution in [-0.2, 0) is 9.59 Å². The number of hydrogen-bond donors (Lipinski definition) is 3. The highest BCUT2D eigenvalue weighted by molar-refractivity contribution is 5.89. The van der Waals surface area contributed by atoms with Crippen molar-refractivity contribution >= 4 is 17.5 Å². The number of carbonyl (C=O) groups is 2. The first-order chi connectivity index (χ1) is 8.04. The zero-order valence-electron chi connectivity index (χ0n) is 9.37. The predicted octanol–water partition coefficient (Wildman–Crippen LogP) is 0.228. The second-order valence-corrected chi connectivity index (χ2v) is 3.46. The van der Waals surface area contributed by atoms with Crippen LogP contribution in [0.4, 0.5) is 10.1 Å². The fourth-order valence-electron chi connectivity index (χ4n) is 1.28. The Morgan fingerprint density at radius 1 is 1.41 bits per heavy atom. The van der Waals surface area contributed by atoms with Crippen LogP contribution < -0.4 is 16.4 Å². The normalized spacial score (nSPS) is 11.6. The maximum absolute atomic E-state index is 13.3. The van der Waals surface area contributed by atoms with Crippen molar-refractivity contribution < 1.29 is 14.0 Å². The number of nitrogens with one attached hydrogen (secondary N) is 2. The number of halogens is 1. The predicted molar refractivity (Wildman–Crippen MR) is 61.7 cm³/mol. The number of rotatable bonds is 5. The molecule has 1 rings (SSSR count). The van der Waals surface area contributed by atoms with Gasteiger partial charge in [0.15, 0.2) is 0 Å². The SMILES string of the molecule is CNC(=O)CC(Nc1ccccc1F)C(N)=O. The number of benzene rings is 1. The summed E-state index contributed by atoms with van der Waals surface area (Å²) in [6.07, 6.45) is -0.139. The molecule has 0 aliphatic rings. The Bertz CT molecular complexity index is 423. The minimum atomic E-state index is -0.938. The lowest BCUT2D eigenvalue weighted by Gasteiger charge is -2.16. The molecule has 0 radical (unpaired) electrons. The summed E-state index contributed by atoms with van der Waals surface area (Å²) >= 11 is 0. The average molecular weight is 239 g/mol. The van der Waals surface area contributed by atoms with Gasteiger partial charge in [-0.25, -0.2) is 4.39 Å². The van der Waals surface area contributed by atoms with Crippen LogP contribution in [0.25, 0.3) is 0 Å². The molecule has 1 aromatic rings. The van der Waals surface area contributed by atoms with Crippen LogP contribution in [0.3, 0.4) is 0 Å². The third kappa shape index (κ3) is 3.75. The van der Waals surface area contributed by atoms with Gasteiger partial charge in [-0.2, -0.15) is 0 Å². The molecular formula is C11H14FN3O2. The van der Waals surface area contributed by atoms with Crippen LogP contribution in [-0.4, -0.2) is 24.9 Å². The van der Waals surface area contributed by atoms with Gasteiger partial charge in [0, 0.05) is 7.05 Å². The minimum absolute atomic E-state index is 0.139. The standard InChI is InChI=1S/C11H14FN3O2/c1-14-10(16)6-9(11(13)17)15-8-5-3-2-4-7(8)12/h2-5,9,15H,6H2,1H3,(H2,13,17)(H,14,16). The summed E-state index contributed by atoms with van der Waals surface area (Å²) in [6, 6.07) is 4.92. The number of primary amides is 1. The Hall–Kier alpha value is -2.11. The molecule has 5 nitrogen and oxygen atoms in total. The summed E-state index contributed by atoms with van der Waals surface area (Å²) in [7, 11) is 1.45. The van der Waals surface area contributed by atoms with Crippen LogP contribution in [0.15, 0.2) is 24.3 Å². The average Bonchev–Trinajstić information content (AvgIpc) is 2.30. The summed E-state index contributed by atoms with van der Waals surface area (Å²) in [6.45, 7) is 0. The molecule has 6 heteroatoms. The zero-order valence-corrected chi connectivity index (χ0v) is 9.37. The van der Waals surface area contributed by atoms with Crippen LogP contribution in [0.1, 0.15) is 6.42 Å². The van der Waals surface area contributed by atoms with Gasteiger partial charge < -0.3 is 16.4 Å². The second-order valence-electron chi connectivity index (χ2n) is 3.46. The highest BCUT2D eigenvalue weighted by Crippen LogP contribution is 2.14. The largest absolute Gasteiger partial charge is 0.371 e. The van der Waals surface area contributed by atoms with Crippen molar-refractivity contribution in [1.29, 1.82) is 0 Å². The monoisotopic (exact) mass is 239 g/mol. The van der Waals surface area contributed by atoms with Gasteiger partial charge in [-0.15, -0.1) is 0 Å². The van der Waals surface area contributed by atoms with Crippen molar-refractivity contribution in [2.45, 2.75) is 12.5 Å². The van der Waals surface area contributed by atoms with E-state index in [0.717, 1.165) is 0 Å². The molecule has 0 aromatic heterocycles. The van der Waals surface area contributed by atoms with Crippen LogP contribution >= 0.6 is 0 Å². The van der Waals surface area contributed by atoms with E-state index in [4.69, 9.17) is 5.73 Å². The molecule has 17 heavy (non-hydrogen) atoms. The van der Waals surface area contributed by atoms with Gasteiger partial charge in [-0.05, 0) is 12.1 Å². The van der Waals surface area contributed by atoms with E-state index >= 15 is 0 Å². The molecule has 0 saturated heterocycles. The fraction of sp³-hybridized carbons (Fsp3) is 0.273. The van der Waals surface area contributed by atoms with E-state index in [-0.39, 0.29) is 18.0 Å². The van der Waals surface area contributed by atoms with Gasteiger partial charge in [0.2, 0.25) is 11.8 Å². The molecule has 2 amide bonds. The molecule has 0 saturated carbocycles. The highest BCUT2D eigenvalue weighted by atomic mass is 19.1. The molecule has 1 aromatic carbocycles. The van der Waals surface area contributed by atoms with Crippen LogP contribution in [0, 0.1) is 5.82 Å². The number of hydrogen-bond acceptors (Lipinski definition) is 3. The lowest BCUT2D eigenvalue weighted by atomic mass is 10.1. The summed E-state index contributed by atoms with van der Waals surface area (Å²) in [5.74, 6) is -1.56. The highest BCUT2D eigenvalue weighted by Gasteiger charge is 2.19. The van der Waals surface area contributed by atoms with E-state index in [1.54, 1.807) is 6.07 Å². The van der Waals surface area contributed by atoms with E-state index in [2.05, 4.69) is 10.6 Å². The molecule has 0 fully saturated rings. The third-order valence-corrected chi connectivity index (χ3v) is 2.22. The number of anilines is 1. The van der Waals surface area contributed by atoms with E-state index in [1.807, 2.05) is 0 Å². The lowest BCUT2D eigenvalue weighted by molar-refractivity contribution is -0.125. The Kier molecular flexibility index (Phi) is 4.45. The van der Waals surface area contributed by atoms with E-state index in [9.17, 15) is 14.0 Å². The van der Waals surface area contributed by atoms with Crippen molar-refractivity contribution in [1.82, 2.24) is 5.32 Å². The first-order valence-electron chi connectivity index (χ1n) is 5.05. The van der Waals surface area contributed by atoms with Gasteiger partial charge in [-0.1, -0.05) is 12.1 Å². The third-order valence-electron chi connectivity index (χ3n) is 2.22. The second kappa shape index (κ2) is 5.83. The quantitative estimate of drug-likeness (QED) is 0.687. The molecule has 92 valence electrons.